The van der Waals surface area contributed by atoms with Crippen LogP contribution in [0, 0.1) is 10.1 Å². The van der Waals surface area contributed by atoms with Gasteiger partial charge in [-0.2, -0.15) is 5.10 Å². The minimum absolute atomic E-state index is 0.0887. The summed E-state index contributed by atoms with van der Waals surface area (Å²) in [6.45, 7) is 0. The van der Waals surface area contributed by atoms with Crippen molar-refractivity contribution < 1.29 is 28.8 Å². The van der Waals surface area contributed by atoms with Crippen LogP contribution in [-0.2, 0) is 0 Å². The van der Waals surface area contributed by atoms with Crippen LogP contribution in [0.2, 0.25) is 5.02 Å². The fourth-order valence-corrected chi connectivity index (χ4v) is 5.42. The predicted octanol–water partition coefficient (Wildman–Crippen LogP) is 6.71. The maximum absolute atomic E-state index is 13.0. The van der Waals surface area contributed by atoms with E-state index in [0.717, 1.165) is 11.3 Å². The number of halogens is 1. The number of carbonyl (C=O) groups is 3. The molecule has 0 saturated carbocycles. The number of nitrogens with one attached hydrogen (secondary N) is 2. The Hall–Kier alpha value is -5.59. The smallest absolute Gasteiger partial charge is 0.355 e. The number of hydrazone groups is 1. The largest absolute Gasteiger partial charge is 0.497 e. The fraction of sp³-hybridized carbons (Fsp3) is 0.0323. The van der Waals surface area contributed by atoms with Crippen LogP contribution in [0.5, 0.6) is 11.5 Å². The number of nitro benzene ring substituents is 1. The number of amides is 2. The second-order valence-corrected chi connectivity index (χ2v) is 10.5. The lowest BCUT2D eigenvalue weighted by atomic mass is 10.1. The van der Waals surface area contributed by atoms with Gasteiger partial charge in [0.1, 0.15) is 16.4 Å². The lowest BCUT2D eigenvalue weighted by Crippen LogP contribution is -2.18. The third kappa shape index (κ3) is 6.72. The number of nitrogens with zero attached hydrogens (tertiary/aromatic N) is 2. The summed E-state index contributed by atoms with van der Waals surface area (Å²) in [5, 5.41) is 18.5. The first-order valence-corrected chi connectivity index (χ1v) is 14.0. The van der Waals surface area contributed by atoms with E-state index in [1.807, 2.05) is 0 Å². The van der Waals surface area contributed by atoms with Crippen molar-refractivity contribution in [2.75, 3.05) is 12.4 Å². The molecule has 5 aromatic rings. The molecule has 0 fully saturated rings. The van der Waals surface area contributed by atoms with Gasteiger partial charge in [0.15, 0.2) is 0 Å². The maximum atomic E-state index is 13.0. The predicted molar refractivity (Wildman–Crippen MR) is 167 cm³/mol. The summed E-state index contributed by atoms with van der Waals surface area (Å²) in [5.74, 6) is -0.769. The molecule has 4 aromatic carbocycles. The number of fused-ring (bicyclic) bond motifs is 1. The van der Waals surface area contributed by atoms with Gasteiger partial charge in [-0.1, -0.05) is 23.7 Å². The van der Waals surface area contributed by atoms with E-state index >= 15 is 0 Å². The number of esters is 1. The van der Waals surface area contributed by atoms with Gasteiger partial charge in [-0.05, 0) is 66.7 Å². The van der Waals surface area contributed by atoms with E-state index in [-0.39, 0.29) is 27.2 Å². The Morgan fingerprint density at radius 2 is 1.61 bits per heavy atom. The zero-order valence-electron chi connectivity index (χ0n) is 22.8. The van der Waals surface area contributed by atoms with Crippen LogP contribution in [0.25, 0.3) is 10.1 Å². The molecule has 0 saturated heterocycles. The van der Waals surface area contributed by atoms with E-state index in [4.69, 9.17) is 21.1 Å². The van der Waals surface area contributed by atoms with Crippen molar-refractivity contribution >= 4 is 68.4 Å². The van der Waals surface area contributed by atoms with E-state index in [1.54, 1.807) is 67.8 Å². The topological polar surface area (TPSA) is 149 Å². The Morgan fingerprint density at radius 3 is 2.32 bits per heavy atom. The number of ether oxygens (including phenoxy) is 2. The van der Waals surface area contributed by atoms with Gasteiger partial charge in [0.25, 0.3) is 17.5 Å². The van der Waals surface area contributed by atoms with E-state index in [0.29, 0.717) is 38.2 Å². The molecule has 1 aromatic heterocycles. The number of methoxy groups -OCH3 is 1. The molecule has 1 heterocycles. The molecule has 0 bridgehead atoms. The van der Waals surface area contributed by atoms with Gasteiger partial charge >= 0.3 is 5.97 Å². The Balaban J connectivity index is 1.21. The summed E-state index contributed by atoms with van der Waals surface area (Å²) in [6, 6.07) is 23.6. The number of carbonyl (C=O) groups excluding carboxylic acids is 3. The van der Waals surface area contributed by atoms with Crippen LogP contribution in [0.4, 0.5) is 11.4 Å². The van der Waals surface area contributed by atoms with Crippen LogP contribution in [-0.4, -0.2) is 36.0 Å². The molecule has 2 N–H and O–H groups in total. The molecule has 5 rings (SSSR count). The van der Waals surface area contributed by atoms with Crippen LogP contribution in [0.3, 0.4) is 0 Å². The minimum Gasteiger partial charge on any atom is -0.497 e. The van der Waals surface area contributed by atoms with Crippen molar-refractivity contribution in [3.63, 3.8) is 0 Å². The first kappa shape index (κ1) is 29.9. The van der Waals surface area contributed by atoms with Crippen molar-refractivity contribution in [2.45, 2.75) is 0 Å². The van der Waals surface area contributed by atoms with E-state index < -0.39 is 16.8 Å². The molecular weight excluding hydrogens is 608 g/mol. The highest BCUT2D eigenvalue weighted by Gasteiger charge is 2.21. The summed E-state index contributed by atoms with van der Waals surface area (Å²) in [4.78, 5) is 48.7. The molecule has 13 heteroatoms. The van der Waals surface area contributed by atoms with Gasteiger partial charge in [0.05, 0.1) is 23.3 Å². The number of thiophene rings is 1. The molecule has 0 unspecified atom stereocenters. The lowest BCUT2D eigenvalue weighted by Gasteiger charge is -2.07. The number of benzene rings is 4. The van der Waals surface area contributed by atoms with Crippen molar-refractivity contribution in [3.05, 3.63) is 128 Å². The van der Waals surface area contributed by atoms with Gasteiger partial charge < -0.3 is 14.8 Å². The zero-order chi connectivity index (χ0) is 31.2. The summed E-state index contributed by atoms with van der Waals surface area (Å²) in [7, 11) is 1.54. The van der Waals surface area contributed by atoms with Crippen LogP contribution in [0.15, 0.2) is 96.1 Å². The maximum Gasteiger partial charge on any atom is 0.355 e. The Bertz CT molecular complexity index is 1920. The van der Waals surface area contributed by atoms with E-state index in [9.17, 15) is 24.5 Å². The molecule has 0 spiro atoms. The molecule has 220 valence electrons. The van der Waals surface area contributed by atoms with Crippen molar-refractivity contribution in [1.29, 1.82) is 0 Å². The second-order valence-electron chi connectivity index (χ2n) is 9.07. The number of para-hydroxylation sites is 1. The van der Waals surface area contributed by atoms with E-state index in [1.165, 1.54) is 36.5 Å². The highest BCUT2D eigenvalue weighted by atomic mass is 35.5. The minimum atomic E-state index is -0.747. The molecular formula is C31H21ClN4O7S. The van der Waals surface area contributed by atoms with Gasteiger partial charge in [0, 0.05) is 44.6 Å². The van der Waals surface area contributed by atoms with Crippen molar-refractivity contribution in [1.82, 2.24) is 5.43 Å². The number of nitro groups is 1. The SMILES string of the molecule is COc1ccc(C(=O)Nc2ccc(C(=O)N/N=C\c3ccccc3OC(=O)c3sc4cc([N+](=O)[O-])ccc4c3Cl)cc2)cc1. The Labute approximate surface area is 258 Å². The lowest BCUT2D eigenvalue weighted by molar-refractivity contribution is -0.384. The van der Waals surface area contributed by atoms with Crippen LogP contribution in [0.1, 0.15) is 36.0 Å². The Morgan fingerprint density at radius 1 is 0.932 bits per heavy atom. The summed E-state index contributed by atoms with van der Waals surface area (Å²) in [5.41, 5.74) is 3.93. The average molecular weight is 629 g/mol. The van der Waals surface area contributed by atoms with Gasteiger partial charge in [-0.15, -0.1) is 11.3 Å². The molecule has 11 nitrogen and oxygen atoms in total. The highest BCUT2D eigenvalue weighted by Crippen LogP contribution is 2.38. The number of hydrogen-bond donors (Lipinski definition) is 2. The summed E-state index contributed by atoms with van der Waals surface area (Å²) >= 11 is 7.36. The van der Waals surface area contributed by atoms with Gasteiger partial charge in [0.2, 0.25) is 0 Å². The number of anilines is 1. The molecule has 2 amide bonds. The molecule has 44 heavy (non-hydrogen) atoms. The van der Waals surface area contributed by atoms with Gasteiger partial charge in [-0.25, -0.2) is 10.2 Å². The molecule has 0 aliphatic heterocycles. The third-order valence-electron chi connectivity index (χ3n) is 6.26. The van der Waals surface area contributed by atoms with E-state index in [2.05, 4.69) is 15.8 Å². The average Bonchev–Trinajstić information content (AvgIpc) is 3.37. The van der Waals surface area contributed by atoms with Crippen molar-refractivity contribution in [3.8, 4) is 11.5 Å². The summed E-state index contributed by atoms with van der Waals surface area (Å²) < 4.78 is 11.1. The highest BCUT2D eigenvalue weighted by molar-refractivity contribution is 7.21. The fourth-order valence-electron chi connectivity index (χ4n) is 4.00. The van der Waals surface area contributed by atoms with Crippen molar-refractivity contribution in [2.24, 2.45) is 5.10 Å². The first-order chi connectivity index (χ1) is 21.2. The number of rotatable bonds is 9. The molecule has 0 radical (unpaired) electrons. The Kier molecular flexibility index (Phi) is 8.93. The van der Waals surface area contributed by atoms with Crippen LogP contribution < -0.4 is 20.2 Å². The first-order valence-electron chi connectivity index (χ1n) is 12.8. The van der Waals surface area contributed by atoms with Gasteiger partial charge in [-0.3, -0.25) is 19.7 Å². The summed E-state index contributed by atoms with van der Waals surface area (Å²) in [6.07, 6.45) is 1.32. The second kappa shape index (κ2) is 13.2. The van der Waals surface area contributed by atoms with Crippen LogP contribution >= 0.6 is 22.9 Å². The zero-order valence-corrected chi connectivity index (χ0v) is 24.3. The monoisotopic (exact) mass is 628 g/mol. The number of hydrogen-bond acceptors (Lipinski definition) is 9. The third-order valence-corrected chi connectivity index (χ3v) is 7.90. The molecule has 0 aliphatic carbocycles. The molecule has 0 aliphatic rings. The quantitative estimate of drug-likeness (QED) is 0.0606. The molecule has 0 atom stereocenters. The number of non-ortho nitro benzene ring substituents is 1. The normalized spacial score (nSPS) is 10.9. The standard InChI is InChI=1S/C31H21ClN4O7S/c1-42-23-13-8-18(9-14-23)29(37)34-21-10-6-19(7-11-21)30(38)35-33-17-20-4-2-3-5-25(20)43-31(39)28-27(32)24-15-12-22(36(40)41)16-26(24)44-28/h2-17H,1H3,(H,34,37)(H,35,38)/b33-17-.